The van der Waals surface area contributed by atoms with Crippen LogP contribution in [0.25, 0.3) is 0 Å². The van der Waals surface area contributed by atoms with Crippen LogP contribution in [0, 0.1) is 0 Å². The van der Waals surface area contributed by atoms with Gasteiger partial charge in [-0.3, -0.25) is 4.79 Å². The van der Waals surface area contributed by atoms with E-state index in [0.717, 1.165) is 25.3 Å². The number of hydrogen-bond donors (Lipinski definition) is 0. The normalized spacial score (nSPS) is 11.5. The highest BCUT2D eigenvalue weighted by Gasteiger charge is 2.38. The number of Topliss-reactive ketones (excluding diaryl/α,β-unsaturated/α-hetero) is 1. The van der Waals surface area contributed by atoms with Gasteiger partial charge in [0.05, 0.1) is 0 Å². The van der Waals surface area contributed by atoms with E-state index >= 15 is 0 Å². The van der Waals surface area contributed by atoms with Crippen molar-refractivity contribution in [3.63, 3.8) is 0 Å². The maximum absolute atomic E-state index is 11.4. The van der Waals surface area contributed by atoms with Crippen LogP contribution in [0.2, 0.25) is 6.04 Å². The van der Waals surface area contributed by atoms with Crippen molar-refractivity contribution in [3.05, 3.63) is 12.2 Å². The minimum absolute atomic E-state index is 0.00460. The van der Waals surface area contributed by atoms with E-state index in [1.165, 1.54) is 0 Å². The van der Waals surface area contributed by atoms with E-state index in [1.807, 2.05) is 0 Å². The van der Waals surface area contributed by atoms with E-state index in [4.69, 9.17) is 13.3 Å². The molecule has 0 atom stereocenters. The molecule has 0 saturated heterocycles. The second kappa shape index (κ2) is 8.58. The smallest absolute Gasteiger partial charge is 0.377 e. The van der Waals surface area contributed by atoms with Gasteiger partial charge in [0.25, 0.3) is 0 Å². The Bertz CT molecular complexity index is 249. The van der Waals surface area contributed by atoms with Gasteiger partial charge in [-0.1, -0.05) is 26.3 Å². The molecular formula is C12H24O4Si. The van der Waals surface area contributed by atoms with Gasteiger partial charge in [-0.25, -0.2) is 0 Å². The number of carbonyl (C=O) groups excluding carboxylic acids is 1. The van der Waals surface area contributed by atoms with Crippen LogP contribution in [-0.4, -0.2) is 35.4 Å². The van der Waals surface area contributed by atoms with Gasteiger partial charge in [-0.15, -0.1) is 0 Å². The first kappa shape index (κ1) is 16.5. The number of carbonyl (C=O) groups is 1. The Morgan fingerprint density at radius 2 is 1.82 bits per heavy atom. The molecule has 5 heteroatoms. The summed E-state index contributed by atoms with van der Waals surface area (Å²) in [5.41, 5.74) is 0.494. The SMILES string of the molecule is C=C(C)C(=O)CO[Si](CCCCC)(OC)OC. The Balaban J connectivity index is 4.29. The van der Waals surface area contributed by atoms with E-state index in [-0.39, 0.29) is 12.4 Å². The van der Waals surface area contributed by atoms with E-state index in [0.29, 0.717) is 5.57 Å². The first-order valence-electron chi connectivity index (χ1n) is 5.94. The van der Waals surface area contributed by atoms with E-state index in [9.17, 15) is 4.79 Å². The second-order valence-corrected chi connectivity index (χ2v) is 7.01. The minimum atomic E-state index is -2.65. The fraction of sp³-hybridized carbons (Fsp3) is 0.750. The topological polar surface area (TPSA) is 44.8 Å². The molecule has 0 aliphatic carbocycles. The predicted octanol–water partition coefficient (Wildman–Crippen LogP) is 2.57. The van der Waals surface area contributed by atoms with Gasteiger partial charge in [-0.2, -0.15) is 0 Å². The van der Waals surface area contributed by atoms with Gasteiger partial charge in [0.1, 0.15) is 6.61 Å². The van der Waals surface area contributed by atoms with E-state index < -0.39 is 8.80 Å². The Hall–Kier alpha value is -0.493. The molecule has 0 unspecified atom stereocenters. The van der Waals surface area contributed by atoms with E-state index in [2.05, 4.69) is 13.5 Å². The standard InChI is InChI=1S/C12H24O4Si/c1-6-7-8-9-17(14-4,15-5)16-10-12(13)11(2)3/h2,6-10H2,1,3-5H3. The zero-order valence-electron chi connectivity index (χ0n) is 11.4. The largest absolute Gasteiger partial charge is 0.500 e. The third kappa shape index (κ3) is 6.12. The first-order valence-corrected chi connectivity index (χ1v) is 7.87. The predicted molar refractivity (Wildman–Crippen MR) is 69.9 cm³/mol. The van der Waals surface area contributed by atoms with Crippen molar-refractivity contribution < 1.29 is 18.1 Å². The maximum Gasteiger partial charge on any atom is 0.500 e. The van der Waals surface area contributed by atoms with Crippen LogP contribution < -0.4 is 0 Å². The molecule has 0 radical (unpaired) electrons. The third-order valence-corrected chi connectivity index (χ3v) is 5.40. The molecule has 0 saturated carbocycles. The summed E-state index contributed by atoms with van der Waals surface area (Å²) >= 11 is 0. The molecule has 0 aromatic carbocycles. The quantitative estimate of drug-likeness (QED) is 0.344. The summed E-state index contributed by atoms with van der Waals surface area (Å²) in [6.07, 6.45) is 3.23. The van der Waals surface area contributed by atoms with Gasteiger partial charge in [0.15, 0.2) is 5.78 Å². The molecule has 0 rings (SSSR count). The lowest BCUT2D eigenvalue weighted by atomic mass is 10.2. The zero-order chi connectivity index (χ0) is 13.3. The molecule has 100 valence electrons. The van der Waals surface area contributed by atoms with Crippen molar-refractivity contribution in [1.29, 1.82) is 0 Å². The summed E-state index contributed by atoms with van der Waals surface area (Å²) in [6.45, 7) is 7.39. The highest BCUT2D eigenvalue weighted by Crippen LogP contribution is 2.18. The Kier molecular flexibility index (Phi) is 8.33. The summed E-state index contributed by atoms with van der Waals surface area (Å²) in [5.74, 6) is -0.105. The lowest BCUT2D eigenvalue weighted by Gasteiger charge is -2.26. The molecule has 0 aliphatic rings. The number of hydrogen-bond acceptors (Lipinski definition) is 4. The van der Waals surface area contributed by atoms with Gasteiger partial charge in [0, 0.05) is 20.3 Å². The lowest BCUT2D eigenvalue weighted by molar-refractivity contribution is -0.118. The fourth-order valence-electron chi connectivity index (χ4n) is 1.37. The lowest BCUT2D eigenvalue weighted by Crippen LogP contribution is -2.45. The third-order valence-electron chi connectivity index (χ3n) is 2.61. The zero-order valence-corrected chi connectivity index (χ0v) is 12.4. The maximum atomic E-state index is 11.4. The molecule has 0 spiro atoms. The Labute approximate surface area is 105 Å². The van der Waals surface area contributed by atoms with Gasteiger partial charge in [-0.05, 0) is 18.9 Å². The second-order valence-electron chi connectivity index (χ2n) is 4.04. The number of unbranched alkanes of at least 4 members (excludes halogenated alkanes) is 2. The van der Waals surface area contributed by atoms with Crippen LogP contribution in [0.4, 0.5) is 0 Å². The summed E-state index contributed by atoms with van der Waals surface area (Å²) in [7, 11) is 0.501. The van der Waals surface area contributed by atoms with Crippen molar-refractivity contribution in [2.45, 2.75) is 39.2 Å². The van der Waals surface area contributed by atoms with Gasteiger partial charge < -0.3 is 13.3 Å². The molecule has 0 aliphatic heterocycles. The minimum Gasteiger partial charge on any atom is -0.377 e. The highest BCUT2D eigenvalue weighted by atomic mass is 28.4. The highest BCUT2D eigenvalue weighted by molar-refractivity contribution is 6.60. The van der Waals surface area contributed by atoms with Gasteiger partial charge >= 0.3 is 8.80 Å². The molecule has 0 N–H and O–H groups in total. The number of rotatable bonds is 10. The summed E-state index contributed by atoms with van der Waals surface area (Å²) in [4.78, 5) is 11.4. The molecule has 0 aromatic rings. The fourth-order valence-corrected chi connectivity index (χ4v) is 3.36. The average Bonchev–Trinajstić information content (AvgIpc) is 2.33. The molecule has 0 fully saturated rings. The van der Waals surface area contributed by atoms with Crippen LogP contribution in [0.1, 0.15) is 33.1 Å². The molecular weight excluding hydrogens is 236 g/mol. The summed E-state index contributed by atoms with van der Waals surface area (Å²) in [6, 6.07) is 0.747. The first-order chi connectivity index (χ1) is 8.01. The van der Waals surface area contributed by atoms with Gasteiger partial charge in [0.2, 0.25) is 0 Å². The van der Waals surface area contributed by atoms with Crippen molar-refractivity contribution in [2.24, 2.45) is 0 Å². The van der Waals surface area contributed by atoms with Crippen LogP contribution in [0.3, 0.4) is 0 Å². The average molecular weight is 260 g/mol. The van der Waals surface area contributed by atoms with Crippen molar-refractivity contribution >= 4 is 14.6 Å². The molecule has 4 nitrogen and oxygen atoms in total. The Morgan fingerprint density at radius 3 is 2.24 bits per heavy atom. The number of ketones is 1. The summed E-state index contributed by atoms with van der Waals surface area (Å²) < 4.78 is 16.3. The van der Waals surface area contributed by atoms with E-state index in [1.54, 1.807) is 21.1 Å². The molecule has 17 heavy (non-hydrogen) atoms. The molecule has 0 heterocycles. The van der Waals surface area contributed by atoms with Crippen LogP contribution in [0.15, 0.2) is 12.2 Å². The molecule has 0 bridgehead atoms. The molecule has 0 amide bonds. The van der Waals surface area contributed by atoms with Crippen molar-refractivity contribution in [2.75, 3.05) is 20.8 Å². The van der Waals surface area contributed by atoms with Crippen LogP contribution in [0.5, 0.6) is 0 Å². The van der Waals surface area contributed by atoms with Crippen LogP contribution in [-0.2, 0) is 18.1 Å². The van der Waals surface area contributed by atoms with Crippen LogP contribution >= 0.6 is 0 Å². The van der Waals surface area contributed by atoms with Crippen molar-refractivity contribution in [3.8, 4) is 0 Å². The summed E-state index contributed by atoms with van der Waals surface area (Å²) in [5, 5.41) is 0. The molecule has 0 aromatic heterocycles. The monoisotopic (exact) mass is 260 g/mol. The Morgan fingerprint density at radius 1 is 1.24 bits per heavy atom. The van der Waals surface area contributed by atoms with Crippen molar-refractivity contribution in [1.82, 2.24) is 0 Å².